The summed E-state index contributed by atoms with van der Waals surface area (Å²) in [5.74, 6) is 2.27. The zero-order valence-electron chi connectivity index (χ0n) is 4.85. The van der Waals surface area contributed by atoms with Crippen molar-refractivity contribution in [3.8, 4) is 5.92 Å². The first-order chi connectivity index (χ1) is 4.34. The molecule has 0 aromatic carbocycles. The molecule has 0 bridgehead atoms. The van der Waals surface area contributed by atoms with Gasteiger partial charge >= 0.3 is 0 Å². The van der Waals surface area contributed by atoms with Crippen molar-refractivity contribution in [3.05, 3.63) is 30.2 Å². The van der Waals surface area contributed by atoms with E-state index in [2.05, 4.69) is 5.92 Å². The first kappa shape index (κ1) is 6.25. The van der Waals surface area contributed by atoms with Crippen LogP contribution in [0.2, 0.25) is 0 Å². The molecule has 1 radical (unpaired) electrons. The molecule has 9 heavy (non-hydrogen) atoms. The van der Waals surface area contributed by atoms with Gasteiger partial charge in [0.25, 0.3) is 0 Å². The molecule has 0 saturated carbocycles. The highest BCUT2D eigenvalue weighted by Crippen LogP contribution is 2.07. The molecule has 0 fully saturated rings. The van der Waals surface area contributed by atoms with E-state index in [1.807, 2.05) is 12.2 Å². The van der Waals surface area contributed by atoms with E-state index in [1.54, 1.807) is 6.08 Å². The Balaban J connectivity index is 2.91. The lowest BCUT2D eigenvalue weighted by Crippen LogP contribution is -1.97. The van der Waals surface area contributed by atoms with E-state index >= 15 is 0 Å². The summed E-state index contributed by atoms with van der Waals surface area (Å²) in [5, 5.41) is 0. The van der Waals surface area contributed by atoms with Gasteiger partial charge in [0.05, 0.1) is 0 Å². The van der Waals surface area contributed by atoms with Crippen molar-refractivity contribution in [2.45, 2.75) is 6.42 Å². The third kappa shape index (κ3) is 1.28. The lowest BCUT2D eigenvalue weighted by atomic mass is 10.1. The molecule has 0 amide bonds. The second-order valence-electron chi connectivity index (χ2n) is 1.76. The summed E-state index contributed by atoms with van der Waals surface area (Å²) >= 11 is 4.92. The number of hydrogen-bond donors (Lipinski definition) is 0. The van der Waals surface area contributed by atoms with E-state index in [4.69, 9.17) is 18.6 Å². The van der Waals surface area contributed by atoms with Crippen molar-refractivity contribution in [2.24, 2.45) is 0 Å². The first-order valence-corrected chi connectivity index (χ1v) is 3.08. The highest BCUT2D eigenvalue weighted by Gasteiger charge is 2.01. The Morgan fingerprint density at radius 3 is 2.89 bits per heavy atom. The summed E-state index contributed by atoms with van der Waals surface area (Å²) in [7, 11) is 0. The van der Waals surface area contributed by atoms with Gasteiger partial charge in [-0.2, -0.15) is 0 Å². The minimum absolute atomic E-state index is 0.743. The van der Waals surface area contributed by atoms with Crippen LogP contribution in [0.15, 0.2) is 23.8 Å². The molecule has 0 N–H and O–H groups in total. The molecule has 1 rings (SSSR count). The lowest BCUT2D eigenvalue weighted by Gasteiger charge is -2.01. The molecule has 0 aromatic heterocycles. The Labute approximate surface area is 60.3 Å². The Bertz CT molecular complexity index is 225. The van der Waals surface area contributed by atoms with Crippen molar-refractivity contribution in [2.75, 3.05) is 0 Å². The lowest BCUT2D eigenvalue weighted by molar-refractivity contribution is 1.48. The molecule has 0 saturated heterocycles. The number of hydrogen-bond acceptors (Lipinski definition) is 1. The highest BCUT2D eigenvalue weighted by molar-refractivity contribution is 7.80. The predicted octanol–water partition coefficient (Wildman–Crippen LogP) is 1.83. The Morgan fingerprint density at radius 1 is 1.67 bits per heavy atom. The fourth-order valence-electron chi connectivity index (χ4n) is 0.654. The van der Waals surface area contributed by atoms with E-state index < -0.39 is 0 Å². The zero-order chi connectivity index (χ0) is 6.69. The fourth-order valence-corrected chi connectivity index (χ4v) is 0.869. The fraction of sp³-hybridized carbons (Fsp3) is 0.125. The number of allylic oxidation sites excluding steroid dienone is 4. The normalized spacial score (nSPS) is 16.8. The van der Waals surface area contributed by atoms with Gasteiger partial charge in [-0.05, 0) is 12.5 Å². The van der Waals surface area contributed by atoms with Gasteiger partial charge in [-0.3, -0.25) is 0 Å². The maximum absolute atomic E-state index is 6.79. The van der Waals surface area contributed by atoms with Gasteiger partial charge in [0.1, 0.15) is 0 Å². The quantitative estimate of drug-likeness (QED) is 0.359. The van der Waals surface area contributed by atoms with Crippen molar-refractivity contribution in [1.82, 2.24) is 0 Å². The van der Waals surface area contributed by atoms with Crippen LogP contribution in [0, 0.1) is 12.3 Å². The summed E-state index contributed by atoms with van der Waals surface area (Å²) in [5.41, 5.74) is 0.743. The molecule has 0 atom stereocenters. The second kappa shape index (κ2) is 2.61. The summed E-state index contributed by atoms with van der Waals surface area (Å²) in [4.78, 5) is 0.813. The predicted molar refractivity (Wildman–Crippen MR) is 41.6 cm³/mol. The Morgan fingerprint density at radius 2 is 2.44 bits per heavy atom. The minimum Gasteiger partial charge on any atom is -0.0832 e. The number of thiocarbonyl (C=S) groups is 1. The highest BCUT2D eigenvalue weighted by atomic mass is 32.1. The summed E-state index contributed by atoms with van der Waals surface area (Å²) in [6, 6.07) is 0. The van der Waals surface area contributed by atoms with Gasteiger partial charge in [0.2, 0.25) is 0 Å². The molecule has 0 aliphatic heterocycles. The van der Waals surface area contributed by atoms with Crippen molar-refractivity contribution >= 4 is 17.1 Å². The second-order valence-corrected chi connectivity index (χ2v) is 2.25. The van der Waals surface area contributed by atoms with Gasteiger partial charge in [0.15, 0.2) is 0 Å². The first-order valence-electron chi connectivity index (χ1n) is 2.67. The molecule has 1 aliphatic carbocycles. The van der Waals surface area contributed by atoms with E-state index in [1.165, 1.54) is 0 Å². The monoisotopic (exact) mass is 133 g/mol. The minimum atomic E-state index is 0.743. The summed E-state index contributed by atoms with van der Waals surface area (Å²) in [6.07, 6.45) is 13.2. The SMILES string of the molecule is [C]#CC1=CC=CCC1=S. The van der Waals surface area contributed by atoms with Gasteiger partial charge in [-0.1, -0.05) is 30.3 Å². The van der Waals surface area contributed by atoms with Gasteiger partial charge < -0.3 is 0 Å². The largest absolute Gasteiger partial charge is 0.0832 e. The van der Waals surface area contributed by atoms with Crippen LogP contribution in [-0.4, -0.2) is 4.86 Å². The molecule has 1 aliphatic rings. The van der Waals surface area contributed by atoms with E-state index in [9.17, 15) is 0 Å². The van der Waals surface area contributed by atoms with E-state index in [0.717, 1.165) is 16.9 Å². The van der Waals surface area contributed by atoms with Crippen molar-refractivity contribution in [3.63, 3.8) is 0 Å². The van der Waals surface area contributed by atoms with E-state index in [0.29, 0.717) is 0 Å². The van der Waals surface area contributed by atoms with E-state index in [-0.39, 0.29) is 0 Å². The summed E-state index contributed by atoms with van der Waals surface area (Å²) < 4.78 is 0. The van der Waals surface area contributed by atoms with Crippen molar-refractivity contribution in [1.29, 1.82) is 0 Å². The zero-order valence-corrected chi connectivity index (χ0v) is 5.66. The van der Waals surface area contributed by atoms with Crippen molar-refractivity contribution < 1.29 is 0 Å². The van der Waals surface area contributed by atoms with Crippen LogP contribution in [-0.2, 0) is 0 Å². The van der Waals surface area contributed by atoms with Gasteiger partial charge in [-0.15, -0.1) is 0 Å². The maximum Gasteiger partial charge on any atom is 0.0398 e. The standard InChI is InChI=1S/C8H5S/c1-2-7-5-3-4-6-8(7)9/h3-5H,6H2. The Hall–Kier alpha value is -0.870. The van der Waals surface area contributed by atoms with Crippen LogP contribution in [0.25, 0.3) is 0 Å². The van der Waals surface area contributed by atoms with Gasteiger partial charge in [0, 0.05) is 16.9 Å². The van der Waals surface area contributed by atoms with Gasteiger partial charge in [-0.25, -0.2) is 0 Å². The van der Waals surface area contributed by atoms with Crippen LogP contribution < -0.4 is 0 Å². The van der Waals surface area contributed by atoms with Crippen LogP contribution in [0.4, 0.5) is 0 Å². The van der Waals surface area contributed by atoms with Crippen LogP contribution in [0.1, 0.15) is 6.42 Å². The molecular formula is C8H5S. The third-order valence-corrected chi connectivity index (χ3v) is 1.52. The Kier molecular flexibility index (Phi) is 1.81. The maximum atomic E-state index is 6.79. The average molecular weight is 133 g/mol. The smallest absolute Gasteiger partial charge is 0.0398 e. The van der Waals surface area contributed by atoms with Crippen LogP contribution in [0.5, 0.6) is 0 Å². The molecule has 0 nitrogen and oxygen atoms in total. The van der Waals surface area contributed by atoms with Crippen LogP contribution >= 0.6 is 12.2 Å². The molecule has 0 unspecified atom stereocenters. The number of rotatable bonds is 0. The third-order valence-electron chi connectivity index (χ3n) is 1.14. The summed E-state index contributed by atoms with van der Waals surface area (Å²) in [6.45, 7) is 0. The molecule has 1 heteroatoms. The topological polar surface area (TPSA) is 0 Å². The molecule has 0 heterocycles. The molecule has 43 valence electrons. The molecular weight excluding hydrogens is 128 g/mol. The van der Waals surface area contributed by atoms with Crippen LogP contribution in [0.3, 0.4) is 0 Å². The average Bonchev–Trinajstić information content (AvgIpc) is 1.89. The molecule has 0 aromatic rings. The molecule has 0 spiro atoms.